The first kappa shape index (κ1) is 22.7. The summed E-state index contributed by atoms with van der Waals surface area (Å²) < 4.78 is 6.05. The summed E-state index contributed by atoms with van der Waals surface area (Å²) in [5.41, 5.74) is 4.40. The Labute approximate surface area is 202 Å². The number of rotatable bonds is 7. The van der Waals surface area contributed by atoms with Gasteiger partial charge in [-0.15, -0.1) is 0 Å². The zero-order valence-electron chi connectivity index (χ0n) is 20.2. The van der Waals surface area contributed by atoms with Crippen molar-refractivity contribution in [2.24, 2.45) is 11.8 Å². The van der Waals surface area contributed by atoms with Crippen LogP contribution in [0, 0.1) is 23.2 Å². The Kier molecular flexibility index (Phi) is 7.01. The predicted molar refractivity (Wildman–Crippen MR) is 137 cm³/mol. The fourth-order valence-corrected chi connectivity index (χ4v) is 5.27. The van der Waals surface area contributed by atoms with E-state index in [1.165, 1.54) is 31.6 Å². The molecular weight excluding hydrogens is 422 g/mol. The van der Waals surface area contributed by atoms with E-state index in [2.05, 4.69) is 63.1 Å². The second-order valence-corrected chi connectivity index (χ2v) is 9.90. The topological polar surface area (TPSA) is 68.2 Å². The number of nitriles is 1. The Morgan fingerprint density at radius 3 is 2.56 bits per heavy atom. The lowest BCUT2D eigenvalue weighted by atomic mass is 9.96. The molecule has 6 nitrogen and oxygen atoms in total. The van der Waals surface area contributed by atoms with Crippen LogP contribution in [0.2, 0.25) is 0 Å². The first-order valence-electron chi connectivity index (χ1n) is 12.8. The summed E-state index contributed by atoms with van der Waals surface area (Å²) in [5.74, 6) is 1.96. The summed E-state index contributed by atoms with van der Waals surface area (Å²) >= 11 is 0. The fourth-order valence-electron chi connectivity index (χ4n) is 5.27. The van der Waals surface area contributed by atoms with Crippen LogP contribution < -0.4 is 9.64 Å². The molecule has 0 aliphatic carbocycles. The van der Waals surface area contributed by atoms with Crippen LogP contribution in [0.3, 0.4) is 0 Å². The highest BCUT2D eigenvalue weighted by Gasteiger charge is 2.23. The van der Waals surface area contributed by atoms with Crippen molar-refractivity contribution in [2.45, 2.75) is 39.0 Å². The number of nitrogens with zero attached hydrogens (tertiary/aromatic N) is 4. The Balaban J connectivity index is 1.25. The van der Waals surface area contributed by atoms with Crippen LogP contribution in [0.15, 0.2) is 42.7 Å². The Hall–Kier alpha value is -3.04. The first-order chi connectivity index (χ1) is 16.7. The van der Waals surface area contributed by atoms with E-state index in [-0.39, 0.29) is 5.92 Å². The summed E-state index contributed by atoms with van der Waals surface area (Å²) in [5, 5.41) is 10.4. The van der Waals surface area contributed by atoms with Crippen LogP contribution in [0.25, 0.3) is 22.2 Å². The predicted octanol–water partition coefficient (Wildman–Crippen LogP) is 5.47. The molecule has 2 aromatic heterocycles. The van der Waals surface area contributed by atoms with Gasteiger partial charge in [0.05, 0.1) is 18.4 Å². The van der Waals surface area contributed by atoms with Crippen LogP contribution in [0.5, 0.6) is 5.75 Å². The molecule has 0 saturated carbocycles. The van der Waals surface area contributed by atoms with E-state index >= 15 is 0 Å². The third-order valence-electron chi connectivity index (χ3n) is 7.48. The van der Waals surface area contributed by atoms with Crippen LogP contribution in [0.4, 0.5) is 5.69 Å². The number of piperidine rings is 2. The Morgan fingerprint density at radius 2 is 1.82 bits per heavy atom. The number of anilines is 1. The monoisotopic (exact) mass is 457 g/mol. The van der Waals surface area contributed by atoms with E-state index in [4.69, 9.17) is 4.74 Å². The summed E-state index contributed by atoms with van der Waals surface area (Å²) in [7, 11) is 0. The highest BCUT2D eigenvalue weighted by molar-refractivity contribution is 5.98. The SMILES string of the molecule is CC1CCN(CCCOc2ccc(-c3cnc4[nH]ccc4c3N3CCC(C#N)CC3)cc2)CC1. The summed E-state index contributed by atoms with van der Waals surface area (Å²) in [6.45, 7) is 8.48. The van der Waals surface area contributed by atoms with Gasteiger partial charge in [0.25, 0.3) is 0 Å². The number of fused-ring (bicyclic) bond motifs is 1. The van der Waals surface area contributed by atoms with Crippen LogP contribution in [-0.2, 0) is 0 Å². The molecule has 2 fully saturated rings. The van der Waals surface area contributed by atoms with Crippen molar-refractivity contribution >= 4 is 16.7 Å². The van der Waals surface area contributed by atoms with Crippen molar-refractivity contribution in [3.8, 4) is 22.9 Å². The van der Waals surface area contributed by atoms with Gasteiger partial charge in [-0.05, 0) is 74.9 Å². The maximum atomic E-state index is 9.30. The van der Waals surface area contributed by atoms with Gasteiger partial charge in [-0.25, -0.2) is 4.98 Å². The van der Waals surface area contributed by atoms with E-state index in [1.807, 2.05) is 12.4 Å². The van der Waals surface area contributed by atoms with Crippen molar-refractivity contribution in [3.05, 3.63) is 42.7 Å². The Morgan fingerprint density at radius 1 is 1.06 bits per heavy atom. The van der Waals surface area contributed by atoms with Crippen molar-refractivity contribution in [1.82, 2.24) is 14.9 Å². The summed E-state index contributed by atoms with van der Waals surface area (Å²) in [6.07, 6.45) is 9.45. The first-order valence-corrected chi connectivity index (χ1v) is 12.8. The van der Waals surface area contributed by atoms with Gasteiger partial charge in [-0.3, -0.25) is 0 Å². The molecule has 0 unspecified atom stereocenters. The van der Waals surface area contributed by atoms with Crippen LogP contribution >= 0.6 is 0 Å². The lowest BCUT2D eigenvalue weighted by Crippen LogP contribution is -2.34. The zero-order chi connectivity index (χ0) is 23.3. The number of aromatic amines is 1. The van der Waals surface area contributed by atoms with Gasteiger partial charge in [0.2, 0.25) is 0 Å². The van der Waals surface area contributed by atoms with E-state index in [1.54, 1.807) is 0 Å². The largest absolute Gasteiger partial charge is 0.494 e. The van der Waals surface area contributed by atoms with Crippen molar-refractivity contribution in [1.29, 1.82) is 5.26 Å². The maximum Gasteiger partial charge on any atom is 0.139 e. The van der Waals surface area contributed by atoms with Crippen molar-refractivity contribution < 1.29 is 4.74 Å². The zero-order valence-corrected chi connectivity index (χ0v) is 20.2. The molecule has 0 amide bonds. The van der Waals surface area contributed by atoms with Gasteiger partial charge in [-0.2, -0.15) is 5.26 Å². The number of hydrogen-bond acceptors (Lipinski definition) is 5. The average Bonchev–Trinajstić information content (AvgIpc) is 3.37. The van der Waals surface area contributed by atoms with Crippen molar-refractivity contribution in [3.63, 3.8) is 0 Å². The molecule has 5 rings (SSSR count). The molecule has 6 heteroatoms. The minimum atomic E-state index is 0.165. The average molecular weight is 458 g/mol. The van der Waals surface area contributed by atoms with Gasteiger partial charge in [0.1, 0.15) is 11.4 Å². The molecule has 2 aliphatic heterocycles. The Bertz CT molecular complexity index is 1120. The number of H-pyrrole nitrogens is 1. The highest BCUT2D eigenvalue weighted by Crippen LogP contribution is 2.38. The minimum Gasteiger partial charge on any atom is -0.494 e. The molecule has 0 spiro atoms. The van der Waals surface area contributed by atoms with Gasteiger partial charge in [-0.1, -0.05) is 19.1 Å². The molecule has 0 bridgehead atoms. The quantitative estimate of drug-likeness (QED) is 0.477. The van der Waals surface area contributed by atoms with Gasteiger partial charge in [0.15, 0.2) is 0 Å². The smallest absolute Gasteiger partial charge is 0.139 e. The normalized spacial score (nSPS) is 18.3. The van der Waals surface area contributed by atoms with Gasteiger partial charge < -0.3 is 19.5 Å². The number of nitrogens with one attached hydrogen (secondary N) is 1. The van der Waals surface area contributed by atoms with Gasteiger partial charge in [0, 0.05) is 48.9 Å². The molecule has 34 heavy (non-hydrogen) atoms. The summed E-state index contributed by atoms with van der Waals surface area (Å²) in [4.78, 5) is 12.9. The number of aromatic nitrogens is 2. The molecule has 2 saturated heterocycles. The second kappa shape index (κ2) is 10.5. The van der Waals surface area contributed by atoms with Gasteiger partial charge >= 0.3 is 0 Å². The van der Waals surface area contributed by atoms with Crippen LogP contribution in [-0.4, -0.2) is 54.2 Å². The van der Waals surface area contributed by atoms with E-state index < -0.39 is 0 Å². The number of pyridine rings is 1. The number of hydrogen-bond donors (Lipinski definition) is 1. The van der Waals surface area contributed by atoms with E-state index in [0.717, 1.165) is 79.3 Å². The molecule has 2 aliphatic rings. The maximum absolute atomic E-state index is 9.30. The molecule has 1 N–H and O–H groups in total. The lowest BCUT2D eigenvalue weighted by Gasteiger charge is -2.33. The molecule has 3 aromatic rings. The van der Waals surface area contributed by atoms with Crippen molar-refractivity contribution in [2.75, 3.05) is 44.2 Å². The molecular formula is C28H35N5O. The molecule has 178 valence electrons. The number of likely N-dealkylation sites (tertiary alicyclic amines) is 1. The molecule has 1 aromatic carbocycles. The van der Waals surface area contributed by atoms with E-state index in [0.29, 0.717) is 0 Å². The number of benzene rings is 1. The highest BCUT2D eigenvalue weighted by atomic mass is 16.5. The second-order valence-electron chi connectivity index (χ2n) is 9.90. The number of ether oxygens (including phenoxy) is 1. The molecule has 0 radical (unpaired) electrons. The summed E-state index contributed by atoms with van der Waals surface area (Å²) in [6, 6.07) is 13.0. The molecule has 4 heterocycles. The standard InChI is InChI=1S/C28H35N5O/c1-21-8-14-32(15-9-21)13-2-18-34-24-5-3-23(4-6-24)26-20-31-28-25(7-12-30-28)27(26)33-16-10-22(19-29)11-17-33/h3-7,12,20-22H,2,8-11,13-18H2,1H3,(H,30,31). The third kappa shape index (κ3) is 5.05. The van der Waals surface area contributed by atoms with Crippen LogP contribution in [0.1, 0.15) is 39.0 Å². The minimum absolute atomic E-state index is 0.165. The lowest BCUT2D eigenvalue weighted by molar-refractivity contribution is 0.177. The van der Waals surface area contributed by atoms with E-state index in [9.17, 15) is 5.26 Å². The fraction of sp³-hybridized carbons (Fsp3) is 0.500. The third-order valence-corrected chi connectivity index (χ3v) is 7.48. The molecule has 0 atom stereocenters.